The third-order valence-electron chi connectivity index (χ3n) is 6.93. The number of sulfonamides is 1. The summed E-state index contributed by atoms with van der Waals surface area (Å²) in [5.41, 5.74) is 4.44. The van der Waals surface area contributed by atoms with E-state index in [9.17, 15) is 18.0 Å². The molecule has 0 N–H and O–H groups in total. The van der Waals surface area contributed by atoms with E-state index in [4.69, 9.17) is 0 Å². The molecule has 1 fully saturated rings. The number of Topliss-reactive ketones (excluding diaryl/α,β-unsaturated/α-hetero) is 1. The first kappa shape index (κ1) is 25.0. The van der Waals surface area contributed by atoms with Crippen molar-refractivity contribution in [2.45, 2.75) is 38.0 Å². The van der Waals surface area contributed by atoms with Crippen molar-refractivity contribution in [3.8, 4) is 0 Å². The van der Waals surface area contributed by atoms with Gasteiger partial charge in [-0.15, -0.1) is 0 Å². The van der Waals surface area contributed by atoms with E-state index in [0.29, 0.717) is 19.0 Å². The van der Waals surface area contributed by atoms with Gasteiger partial charge in [0.15, 0.2) is 5.78 Å². The van der Waals surface area contributed by atoms with Gasteiger partial charge in [0.2, 0.25) is 10.0 Å². The van der Waals surface area contributed by atoms with Crippen LogP contribution in [-0.4, -0.2) is 47.6 Å². The van der Waals surface area contributed by atoms with Crippen molar-refractivity contribution in [3.63, 3.8) is 0 Å². The van der Waals surface area contributed by atoms with E-state index in [0.717, 1.165) is 29.5 Å². The fraction of sp³-hybridized carbons (Fsp3) is 0.370. The molecule has 0 amide bonds. The van der Waals surface area contributed by atoms with Crippen LogP contribution in [0.3, 0.4) is 0 Å². The molecule has 0 bridgehead atoms. The van der Waals surface area contributed by atoms with E-state index in [1.807, 2.05) is 25.1 Å². The van der Waals surface area contributed by atoms with Gasteiger partial charge in [-0.2, -0.15) is 5.10 Å². The maximum Gasteiger partial charge on any atom is 0.266 e. The number of ketones is 1. The van der Waals surface area contributed by atoms with E-state index in [2.05, 4.69) is 35.4 Å². The third-order valence-corrected chi connectivity index (χ3v) is 8.24. The van der Waals surface area contributed by atoms with Crippen LogP contribution in [0, 0.1) is 6.92 Å². The van der Waals surface area contributed by atoms with E-state index in [1.165, 1.54) is 35.7 Å². The van der Waals surface area contributed by atoms with E-state index in [1.54, 1.807) is 4.31 Å². The van der Waals surface area contributed by atoms with Crippen LogP contribution < -0.4 is 5.56 Å². The summed E-state index contributed by atoms with van der Waals surface area (Å²) in [6, 6.07) is 19.3. The molecule has 3 aromatic rings. The predicted octanol–water partition coefficient (Wildman–Crippen LogP) is 3.63. The molecule has 4 rings (SSSR count). The maximum atomic E-state index is 13.2. The van der Waals surface area contributed by atoms with Gasteiger partial charge >= 0.3 is 0 Å². The van der Waals surface area contributed by atoms with Crippen molar-refractivity contribution in [1.29, 1.82) is 0 Å². The lowest BCUT2D eigenvalue weighted by atomic mass is 9.82. The summed E-state index contributed by atoms with van der Waals surface area (Å²) in [5, 5.41) is 4.14. The van der Waals surface area contributed by atoms with Gasteiger partial charge in [0.05, 0.1) is 6.26 Å². The second kappa shape index (κ2) is 10.3. The van der Waals surface area contributed by atoms with Crippen molar-refractivity contribution >= 4 is 15.8 Å². The Bertz CT molecular complexity index is 1370. The number of benzene rings is 2. The molecule has 1 atom stereocenters. The van der Waals surface area contributed by atoms with Crippen LogP contribution in [-0.2, 0) is 17.1 Å². The van der Waals surface area contributed by atoms with Crippen molar-refractivity contribution in [1.82, 2.24) is 14.1 Å². The monoisotopic (exact) mass is 493 g/mol. The molecule has 1 saturated heterocycles. The van der Waals surface area contributed by atoms with Crippen molar-refractivity contribution in [2.75, 3.05) is 19.3 Å². The molecule has 1 aromatic heterocycles. The molecule has 2 aromatic carbocycles. The molecular formula is C27H31N3O4S. The normalized spacial score (nSPS) is 16.2. The van der Waals surface area contributed by atoms with Crippen LogP contribution in [0.2, 0.25) is 0 Å². The van der Waals surface area contributed by atoms with Gasteiger partial charge in [-0.05, 0) is 54.0 Å². The Hall–Kier alpha value is -3.10. The smallest absolute Gasteiger partial charge is 0.266 e. The summed E-state index contributed by atoms with van der Waals surface area (Å²) in [7, 11) is -1.61. The Kier molecular flexibility index (Phi) is 7.33. The van der Waals surface area contributed by atoms with Crippen LogP contribution >= 0.6 is 0 Å². The van der Waals surface area contributed by atoms with Gasteiger partial charge in [0, 0.05) is 38.5 Å². The van der Waals surface area contributed by atoms with E-state index >= 15 is 0 Å². The first-order valence-electron chi connectivity index (χ1n) is 11.8. The van der Waals surface area contributed by atoms with Gasteiger partial charge in [-0.3, -0.25) is 9.59 Å². The summed E-state index contributed by atoms with van der Waals surface area (Å²) >= 11 is 0. The van der Waals surface area contributed by atoms with Crippen LogP contribution in [0.4, 0.5) is 0 Å². The van der Waals surface area contributed by atoms with Crippen molar-refractivity contribution in [3.05, 3.63) is 99.0 Å². The number of hydrogen-bond acceptors (Lipinski definition) is 5. The number of piperidine rings is 1. The maximum absolute atomic E-state index is 13.2. The number of aromatic nitrogens is 2. The highest BCUT2D eigenvalue weighted by Crippen LogP contribution is 2.34. The Balaban J connectivity index is 1.58. The minimum absolute atomic E-state index is 0.119. The molecule has 184 valence electrons. The molecule has 0 saturated carbocycles. The molecule has 35 heavy (non-hydrogen) atoms. The van der Waals surface area contributed by atoms with Gasteiger partial charge in [0.1, 0.15) is 5.69 Å². The lowest BCUT2D eigenvalue weighted by Gasteiger charge is -2.30. The zero-order chi connectivity index (χ0) is 25.2. The average molecular weight is 494 g/mol. The largest absolute Gasteiger partial charge is 0.292 e. The Morgan fingerprint density at radius 2 is 1.69 bits per heavy atom. The highest BCUT2D eigenvalue weighted by molar-refractivity contribution is 7.88. The highest BCUT2D eigenvalue weighted by Gasteiger charge is 2.26. The van der Waals surface area contributed by atoms with Gasteiger partial charge in [-0.1, -0.05) is 48.5 Å². The molecule has 1 aliphatic rings. The zero-order valence-electron chi connectivity index (χ0n) is 20.3. The number of nitrogens with zero attached hydrogens (tertiary/aromatic N) is 3. The van der Waals surface area contributed by atoms with Crippen LogP contribution in [0.25, 0.3) is 0 Å². The van der Waals surface area contributed by atoms with E-state index < -0.39 is 10.0 Å². The molecule has 7 nitrogen and oxygen atoms in total. The Morgan fingerprint density at radius 3 is 2.29 bits per heavy atom. The summed E-state index contributed by atoms with van der Waals surface area (Å²) in [6.45, 7) is 3.12. The van der Waals surface area contributed by atoms with Gasteiger partial charge in [-0.25, -0.2) is 17.4 Å². The predicted molar refractivity (Wildman–Crippen MR) is 136 cm³/mol. The zero-order valence-corrected chi connectivity index (χ0v) is 21.2. The standard InChI is InChI=1S/C27H31N3O4S/c1-19-6-4-5-7-23(19)24(18-26(31)25-12-13-27(32)29(2)28-25)22-10-8-20(9-11-22)21-14-16-30(17-15-21)35(3,33)34/h4-13,21,24H,14-18H2,1-3H3. The lowest BCUT2D eigenvalue weighted by Crippen LogP contribution is -2.37. The molecule has 0 aliphatic carbocycles. The highest BCUT2D eigenvalue weighted by atomic mass is 32.2. The number of aryl methyl sites for hydroxylation is 2. The Morgan fingerprint density at radius 1 is 1.03 bits per heavy atom. The first-order chi connectivity index (χ1) is 16.6. The average Bonchev–Trinajstić information content (AvgIpc) is 2.84. The second-order valence-corrected chi connectivity index (χ2v) is 11.3. The minimum atomic E-state index is -3.15. The fourth-order valence-corrected chi connectivity index (χ4v) is 5.72. The molecule has 0 spiro atoms. The lowest BCUT2D eigenvalue weighted by molar-refractivity contribution is 0.0970. The SMILES string of the molecule is Cc1ccccc1C(CC(=O)c1ccc(=O)n(C)n1)c1ccc(C2CCN(S(C)(=O)=O)CC2)cc1. The first-order valence-corrected chi connectivity index (χ1v) is 13.7. The summed E-state index contributed by atoms with van der Waals surface area (Å²) in [6.07, 6.45) is 3.09. The summed E-state index contributed by atoms with van der Waals surface area (Å²) in [4.78, 5) is 24.9. The summed E-state index contributed by atoms with van der Waals surface area (Å²) in [5.74, 6) is 0.0466. The van der Waals surface area contributed by atoms with Crippen LogP contribution in [0.1, 0.15) is 63.8 Å². The number of carbonyl (C=O) groups excluding carboxylic acids is 1. The topological polar surface area (TPSA) is 89.3 Å². The van der Waals surface area contributed by atoms with Crippen LogP contribution in [0.15, 0.2) is 65.5 Å². The van der Waals surface area contributed by atoms with Gasteiger partial charge < -0.3 is 0 Å². The molecule has 0 radical (unpaired) electrons. The molecular weight excluding hydrogens is 462 g/mol. The third kappa shape index (κ3) is 5.77. The van der Waals surface area contributed by atoms with Crippen LogP contribution in [0.5, 0.6) is 0 Å². The van der Waals surface area contributed by atoms with Crippen molar-refractivity contribution in [2.24, 2.45) is 7.05 Å². The molecule has 2 heterocycles. The quantitative estimate of drug-likeness (QED) is 0.469. The fourth-order valence-electron chi connectivity index (χ4n) is 4.85. The molecule has 1 unspecified atom stereocenters. The summed E-state index contributed by atoms with van der Waals surface area (Å²) < 4.78 is 26.4. The van der Waals surface area contributed by atoms with Crippen molar-refractivity contribution < 1.29 is 13.2 Å². The molecule has 1 aliphatic heterocycles. The Labute approximate surface area is 206 Å². The second-order valence-electron chi connectivity index (χ2n) is 9.32. The molecule has 8 heteroatoms. The van der Waals surface area contributed by atoms with Gasteiger partial charge in [0.25, 0.3) is 5.56 Å². The minimum Gasteiger partial charge on any atom is -0.292 e. The number of rotatable bonds is 7. The number of carbonyl (C=O) groups is 1. The van der Waals surface area contributed by atoms with E-state index in [-0.39, 0.29) is 29.4 Å². The number of hydrogen-bond donors (Lipinski definition) is 0.